The first kappa shape index (κ1) is 13.4. The molecule has 0 fully saturated rings. The second-order valence-electron chi connectivity index (χ2n) is 5.22. The number of aromatic nitrogens is 1. The molecule has 0 saturated carbocycles. The van der Waals surface area contributed by atoms with Gasteiger partial charge in [-0.05, 0) is 43.7 Å². The Hall–Kier alpha value is -1.58. The van der Waals surface area contributed by atoms with Crippen molar-refractivity contribution >= 4 is 34.8 Å². The fourth-order valence-electron chi connectivity index (χ4n) is 2.65. The van der Waals surface area contributed by atoms with Gasteiger partial charge in [0.05, 0.1) is 22.4 Å². The minimum atomic E-state index is -0.524. The van der Waals surface area contributed by atoms with Crippen molar-refractivity contribution in [2.75, 3.05) is 4.90 Å². The first-order valence-electron chi connectivity index (χ1n) is 6.17. The highest BCUT2D eigenvalue weighted by Crippen LogP contribution is 2.44. The molecule has 5 heteroatoms. The molecule has 1 aliphatic heterocycles. The molecule has 0 bridgehead atoms. The van der Waals surface area contributed by atoms with Crippen molar-refractivity contribution in [2.45, 2.75) is 19.4 Å². The van der Waals surface area contributed by atoms with Gasteiger partial charge in [0.1, 0.15) is 0 Å². The lowest BCUT2D eigenvalue weighted by Gasteiger charge is -2.32. The third-order valence-corrected chi connectivity index (χ3v) is 4.18. The number of carbonyl (C=O) groups is 1. The number of pyridine rings is 1. The average Bonchev–Trinajstić information content (AvgIpc) is 2.58. The summed E-state index contributed by atoms with van der Waals surface area (Å²) in [5, 5.41) is 1.11. The van der Waals surface area contributed by atoms with Crippen LogP contribution in [-0.4, -0.2) is 10.9 Å². The number of benzene rings is 1. The normalized spacial score (nSPS) is 16.4. The fraction of sp³-hybridized carbons (Fsp3) is 0.200. The second-order valence-corrected chi connectivity index (χ2v) is 6.06. The lowest BCUT2D eigenvalue weighted by Crippen LogP contribution is -2.39. The quantitative estimate of drug-likeness (QED) is 0.787. The maximum atomic E-state index is 12.7. The fourth-order valence-corrected chi connectivity index (χ4v) is 3.01. The summed E-state index contributed by atoms with van der Waals surface area (Å²) >= 11 is 12.3. The van der Waals surface area contributed by atoms with Gasteiger partial charge in [0.2, 0.25) is 0 Å². The van der Waals surface area contributed by atoms with E-state index in [0.29, 0.717) is 21.3 Å². The maximum absolute atomic E-state index is 12.7. The molecule has 0 saturated heterocycles. The molecular weight excluding hydrogens is 295 g/mol. The summed E-state index contributed by atoms with van der Waals surface area (Å²) in [6.45, 7) is 3.94. The molecule has 0 aliphatic carbocycles. The first-order valence-corrected chi connectivity index (χ1v) is 6.92. The zero-order valence-corrected chi connectivity index (χ0v) is 12.5. The maximum Gasteiger partial charge on any atom is 0.259 e. The van der Waals surface area contributed by atoms with Crippen LogP contribution < -0.4 is 4.90 Å². The molecule has 2 heterocycles. The molecule has 20 heavy (non-hydrogen) atoms. The molecule has 1 amide bonds. The highest BCUT2D eigenvalue weighted by Gasteiger charge is 2.44. The Morgan fingerprint density at radius 3 is 2.65 bits per heavy atom. The molecule has 3 rings (SSSR count). The number of rotatable bonds is 1. The smallest absolute Gasteiger partial charge is 0.259 e. The van der Waals surface area contributed by atoms with Crippen molar-refractivity contribution in [2.24, 2.45) is 0 Å². The third-order valence-electron chi connectivity index (χ3n) is 3.62. The Morgan fingerprint density at radius 2 is 1.95 bits per heavy atom. The molecule has 0 atom stereocenters. The van der Waals surface area contributed by atoms with E-state index < -0.39 is 5.54 Å². The van der Waals surface area contributed by atoms with Crippen LogP contribution in [0.2, 0.25) is 10.0 Å². The zero-order valence-electron chi connectivity index (χ0n) is 11.0. The minimum absolute atomic E-state index is 0.0865. The van der Waals surface area contributed by atoms with Crippen molar-refractivity contribution in [3.63, 3.8) is 0 Å². The molecule has 2 aromatic rings. The van der Waals surface area contributed by atoms with E-state index in [2.05, 4.69) is 4.98 Å². The van der Waals surface area contributed by atoms with E-state index in [1.165, 1.54) is 0 Å². The van der Waals surface area contributed by atoms with E-state index in [-0.39, 0.29) is 5.91 Å². The molecule has 1 aromatic carbocycles. The molecule has 0 unspecified atom stereocenters. The summed E-state index contributed by atoms with van der Waals surface area (Å²) in [6, 6.07) is 6.99. The van der Waals surface area contributed by atoms with Crippen LogP contribution in [0.3, 0.4) is 0 Å². The van der Waals surface area contributed by atoms with Crippen LogP contribution in [0.1, 0.15) is 29.8 Å². The summed E-state index contributed by atoms with van der Waals surface area (Å²) in [4.78, 5) is 18.4. The van der Waals surface area contributed by atoms with Crippen molar-refractivity contribution in [3.05, 3.63) is 57.8 Å². The van der Waals surface area contributed by atoms with Crippen LogP contribution in [0.15, 0.2) is 36.7 Å². The van der Waals surface area contributed by atoms with Gasteiger partial charge in [-0.2, -0.15) is 0 Å². The summed E-state index contributed by atoms with van der Waals surface area (Å²) in [6.07, 6.45) is 3.21. The van der Waals surface area contributed by atoms with Crippen molar-refractivity contribution in [1.82, 2.24) is 4.98 Å². The van der Waals surface area contributed by atoms with Gasteiger partial charge in [0.15, 0.2) is 0 Å². The highest BCUT2D eigenvalue weighted by molar-refractivity contribution is 6.34. The number of hydrogen-bond donors (Lipinski definition) is 0. The molecule has 0 N–H and O–H groups in total. The molecule has 3 nitrogen and oxygen atoms in total. The molecule has 0 radical (unpaired) electrons. The molecule has 1 aliphatic rings. The number of nitrogens with zero attached hydrogens (tertiary/aromatic N) is 2. The summed E-state index contributed by atoms with van der Waals surface area (Å²) in [5.41, 5.74) is 1.63. The Kier molecular flexibility index (Phi) is 3.00. The number of fused-ring (bicyclic) bond motifs is 1. The van der Waals surface area contributed by atoms with E-state index in [1.54, 1.807) is 35.5 Å². The van der Waals surface area contributed by atoms with Crippen molar-refractivity contribution in [1.29, 1.82) is 0 Å². The van der Waals surface area contributed by atoms with Crippen molar-refractivity contribution in [3.8, 4) is 0 Å². The molecular formula is C15H12Cl2N2O. The minimum Gasteiger partial charge on any atom is -0.296 e. The molecule has 1 aromatic heterocycles. The van der Waals surface area contributed by atoms with Gasteiger partial charge in [0, 0.05) is 16.8 Å². The van der Waals surface area contributed by atoms with E-state index in [1.807, 2.05) is 19.9 Å². The highest BCUT2D eigenvalue weighted by atomic mass is 35.5. The van der Waals surface area contributed by atoms with Crippen LogP contribution in [-0.2, 0) is 5.54 Å². The Bertz CT molecular complexity index is 713. The van der Waals surface area contributed by atoms with Gasteiger partial charge in [-0.15, -0.1) is 0 Å². The van der Waals surface area contributed by atoms with Gasteiger partial charge in [0.25, 0.3) is 5.91 Å². The first-order chi connectivity index (χ1) is 9.43. The lowest BCUT2D eigenvalue weighted by molar-refractivity contribution is 0.0982. The monoisotopic (exact) mass is 306 g/mol. The number of amides is 1. The summed E-state index contributed by atoms with van der Waals surface area (Å²) in [5.74, 6) is -0.0865. The number of carbonyl (C=O) groups excluding carboxylic acids is 1. The van der Waals surface area contributed by atoms with Gasteiger partial charge in [-0.25, -0.2) is 0 Å². The average molecular weight is 307 g/mol. The lowest BCUT2D eigenvalue weighted by atomic mass is 9.93. The van der Waals surface area contributed by atoms with Crippen LogP contribution in [0.5, 0.6) is 0 Å². The SMILES string of the molecule is CC1(C)c2cc(Cl)ccc2C(=O)N1c1cnccc1Cl. The van der Waals surface area contributed by atoms with Crippen molar-refractivity contribution < 1.29 is 4.79 Å². The predicted molar refractivity (Wildman–Crippen MR) is 80.5 cm³/mol. The van der Waals surface area contributed by atoms with Gasteiger partial charge < -0.3 is 0 Å². The Labute approximate surface area is 127 Å². The summed E-state index contributed by atoms with van der Waals surface area (Å²) < 4.78 is 0. The van der Waals surface area contributed by atoms with Crippen LogP contribution in [0, 0.1) is 0 Å². The van der Waals surface area contributed by atoms with E-state index >= 15 is 0 Å². The van der Waals surface area contributed by atoms with Crippen LogP contribution in [0.25, 0.3) is 0 Å². The molecule has 0 spiro atoms. The molecule has 102 valence electrons. The van der Waals surface area contributed by atoms with E-state index in [9.17, 15) is 4.79 Å². The zero-order chi connectivity index (χ0) is 14.5. The van der Waals surface area contributed by atoms with Gasteiger partial charge in [-0.3, -0.25) is 14.7 Å². The van der Waals surface area contributed by atoms with E-state index in [0.717, 1.165) is 5.56 Å². The topological polar surface area (TPSA) is 33.2 Å². The number of anilines is 1. The van der Waals surface area contributed by atoms with E-state index in [4.69, 9.17) is 23.2 Å². The Morgan fingerprint density at radius 1 is 1.20 bits per heavy atom. The van der Waals surface area contributed by atoms with Crippen LogP contribution >= 0.6 is 23.2 Å². The number of halogens is 2. The Balaban J connectivity index is 2.21. The second kappa shape index (κ2) is 4.47. The van der Waals surface area contributed by atoms with Gasteiger partial charge in [-0.1, -0.05) is 23.2 Å². The standard InChI is InChI=1S/C15H12Cl2N2O/c1-15(2)11-7-9(16)3-4-10(11)14(20)19(15)13-8-18-6-5-12(13)17/h3-8H,1-2H3. The predicted octanol–water partition coefficient (Wildman–Crippen LogP) is 4.28. The van der Waals surface area contributed by atoms with Gasteiger partial charge >= 0.3 is 0 Å². The summed E-state index contributed by atoms with van der Waals surface area (Å²) in [7, 11) is 0. The largest absolute Gasteiger partial charge is 0.296 e. The number of hydrogen-bond acceptors (Lipinski definition) is 2. The van der Waals surface area contributed by atoms with Crippen LogP contribution in [0.4, 0.5) is 5.69 Å². The third kappa shape index (κ3) is 1.81.